The Balaban J connectivity index is 1.60. The molecule has 0 spiro atoms. The standard InChI is InChI=1S/C17H24FN/c18-17-4-2-1-3-15(17)9-13(11-19)10-16-8-12-5-6-14(16)7-12/h1-4,12-14,16H,5-11,19H2. The van der Waals surface area contributed by atoms with Crippen LogP contribution in [0.4, 0.5) is 4.39 Å². The van der Waals surface area contributed by atoms with Gasteiger partial charge in [-0.3, -0.25) is 0 Å². The first-order valence-corrected chi connectivity index (χ1v) is 7.69. The molecule has 104 valence electrons. The van der Waals surface area contributed by atoms with E-state index in [4.69, 9.17) is 5.73 Å². The highest BCUT2D eigenvalue weighted by Crippen LogP contribution is 2.50. The first-order chi connectivity index (χ1) is 9.26. The molecule has 2 aliphatic carbocycles. The fourth-order valence-electron chi connectivity index (χ4n) is 4.33. The van der Waals surface area contributed by atoms with Crippen LogP contribution in [-0.2, 0) is 6.42 Å². The molecular formula is C17H24FN. The van der Waals surface area contributed by atoms with Gasteiger partial charge < -0.3 is 5.73 Å². The molecule has 4 unspecified atom stereocenters. The Labute approximate surface area is 115 Å². The van der Waals surface area contributed by atoms with Gasteiger partial charge in [-0.05, 0) is 74.0 Å². The largest absolute Gasteiger partial charge is 0.330 e. The van der Waals surface area contributed by atoms with Crippen LogP contribution in [0, 0.1) is 29.5 Å². The Hall–Kier alpha value is -0.890. The van der Waals surface area contributed by atoms with E-state index >= 15 is 0 Å². The minimum Gasteiger partial charge on any atom is -0.330 e. The summed E-state index contributed by atoms with van der Waals surface area (Å²) in [6.45, 7) is 0.683. The summed E-state index contributed by atoms with van der Waals surface area (Å²) < 4.78 is 13.7. The first-order valence-electron chi connectivity index (χ1n) is 7.69. The summed E-state index contributed by atoms with van der Waals surface area (Å²) in [7, 11) is 0. The zero-order valence-electron chi connectivity index (χ0n) is 11.5. The second-order valence-electron chi connectivity index (χ2n) is 6.57. The van der Waals surface area contributed by atoms with Crippen LogP contribution >= 0.6 is 0 Å². The van der Waals surface area contributed by atoms with Crippen molar-refractivity contribution in [2.45, 2.75) is 38.5 Å². The van der Waals surface area contributed by atoms with Crippen molar-refractivity contribution in [1.82, 2.24) is 0 Å². The lowest BCUT2D eigenvalue weighted by atomic mass is 9.80. The van der Waals surface area contributed by atoms with Crippen molar-refractivity contribution in [2.75, 3.05) is 6.54 Å². The molecule has 3 rings (SSSR count). The minimum absolute atomic E-state index is 0.0751. The van der Waals surface area contributed by atoms with E-state index in [9.17, 15) is 4.39 Å². The minimum atomic E-state index is -0.0751. The molecule has 0 aromatic heterocycles. The molecule has 2 fully saturated rings. The van der Waals surface area contributed by atoms with E-state index in [1.807, 2.05) is 12.1 Å². The average molecular weight is 261 g/mol. The maximum atomic E-state index is 13.7. The van der Waals surface area contributed by atoms with E-state index in [0.717, 1.165) is 29.7 Å². The monoisotopic (exact) mass is 261 g/mol. The number of hydrogen-bond acceptors (Lipinski definition) is 1. The fraction of sp³-hybridized carbons (Fsp3) is 0.647. The predicted molar refractivity (Wildman–Crippen MR) is 76.2 cm³/mol. The molecule has 2 heteroatoms. The van der Waals surface area contributed by atoms with E-state index < -0.39 is 0 Å². The molecule has 2 N–H and O–H groups in total. The zero-order chi connectivity index (χ0) is 13.2. The number of fused-ring (bicyclic) bond motifs is 2. The van der Waals surface area contributed by atoms with E-state index in [2.05, 4.69) is 0 Å². The van der Waals surface area contributed by atoms with Crippen molar-refractivity contribution in [3.8, 4) is 0 Å². The van der Waals surface area contributed by atoms with Crippen molar-refractivity contribution in [1.29, 1.82) is 0 Å². The normalized spacial score (nSPS) is 30.7. The van der Waals surface area contributed by atoms with Gasteiger partial charge in [0, 0.05) is 0 Å². The molecule has 1 aromatic rings. The lowest BCUT2D eigenvalue weighted by Crippen LogP contribution is -2.23. The molecule has 2 saturated carbocycles. The summed E-state index contributed by atoms with van der Waals surface area (Å²) in [6, 6.07) is 7.13. The highest BCUT2D eigenvalue weighted by atomic mass is 19.1. The predicted octanol–water partition coefficient (Wildman–Crippen LogP) is 3.77. The number of benzene rings is 1. The SMILES string of the molecule is NCC(Cc1ccccc1F)CC1CC2CCC1C2. The average Bonchev–Trinajstić information content (AvgIpc) is 3.02. The zero-order valence-corrected chi connectivity index (χ0v) is 11.5. The van der Waals surface area contributed by atoms with E-state index in [-0.39, 0.29) is 5.82 Å². The van der Waals surface area contributed by atoms with Gasteiger partial charge in [-0.2, -0.15) is 0 Å². The van der Waals surface area contributed by atoms with Crippen molar-refractivity contribution >= 4 is 0 Å². The number of rotatable bonds is 5. The second kappa shape index (κ2) is 5.62. The topological polar surface area (TPSA) is 26.0 Å². The molecule has 1 nitrogen and oxygen atoms in total. The van der Waals surface area contributed by atoms with E-state index in [1.54, 1.807) is 12.1 Å². The van der Waals surface area contributed by atoms with Crippen molar-refractivity contribution in [2.24, 2.45) is 29.4 Å². The molecule has 0 aliphatic heterocycles. The van der Waals surface area contributed by atoms with Gasteiger partial charge in [-0.25, -0.2) is 4.39 Å². The second-order valence-corrected chi connectivity index (χ2v) is 6.57. The molecule has 1 aromatic carbocycles. The first kappa shape index (κ1) is 13.1. The Bertz CT molecular complexity index is 431. The molecule has 2 aliphatic rings. The maximum absolute atomic E-state index is 13.7. The summed E-state index contributed by atoms with van der Waals surface area (Å²) in [5, 5.41) is 0. The van der Waals surface area contributed by atoms with Gasteiger partial charge in [0.1, 0.15) is 5.82 Å². The maximum Gasteiger partial charge on any atom is 0.126 e. The Kier molecular flexibility index (Phi) is 3.88. The molecular weight excluding hydrogens is 237 g/mol. The van der Waals surface area contributed by atoms with Gasteiger partial charge in [0.05, 0.1) is 0 Å². The van der Waals surface area contributed by atoms with Gasteiger partial charge in [-0.1, -0.05) is 24.6 Å². The molecule has 0 saturated heterocycles. The molecule has 0 amide bonds. The van der Waals surface area contributed by atoms with Crippen LogP contribution in [0.2, 0.25) is 0 Å². The number of halogens is 1. The lowest BCUT2D eigenvalue weighted by molar-refractivity contribution is 0.268. The quantitative estimate of drug-likeness (QED) is 0.858. The summed E-state index contributed by atoms with van der Waals surface area (Å²) in [5.41, 5.74) is 6.76. The van der Waals surface area contributed by atoms with Crippen LogP contribution in [0.5, 0.6) is 0 Å². The highest BCUT2D eigenvalue weighted by Gasteiger charge is 2.39. The van der Waals surface area contributed by atoms with Crippen molar-refractivity contribution in [3.05, 3.63) is 35.6 Å². The Morgan fingerprint density at radius 2 is 2.05 bits per heavy atom. The summed E-state index contributed by atoms with van der Waals surface area (Å²) in [4.78, 5) is 0. The highest BCUT2D eigenvalue weighted by molar-refractivity contribution is 5.18. The Morgan fingerprint density at radius 1 is 1.21 bits per heavy atom. The van der Waals surface area contributed by atoms with Crippen LogP contribution in [0.15, 0.2) is 24.3 Å². The summed E-state index contributed by atoms with van der Waals surface area (Å²) >= 11 is 0. The fourth-order valence-corrected chi connectivity index (χ4v) is 4.33. The van der Waals surface area contributed by atoms with Gasteiger partial charge >= 0.3 is 0 Å². The molecule has 0 radical (unpaired) electrons. The summed E-state index contributed by atoms with van der Waals surface area (Å²) in [6.07, 6.45) is 7.72. The number of nitrogens with two attached hydrogens (primary N) is 1. The van der Waals surface area contributed by atoms with E-state index in [0.29, 0.717) is 12.5 Å². The van der Waals surface area contributed by atoms with Gasteiger partial charge in [-0.15, -0.1) is 0 Å². The van der Waals surface area contributed by atoms with Gasteiger partial charge in [0.15, 0.2) is 0 Å². The third-order valence-corrected chi connectivity index (χ3v) is 5.32. The molecule has 4 atom stereocenters. The smallest absolute Gasteiger partial charge is 0.126 e. The van der Waals surface area contributed by atoms with Crippen LogP contribution in [-0.4, -0.2) is 6.54 Å². The van der Waals surface area contributed by atoms with Crippen LogP contribution < -0.4 is 5.73 Å². The number of hydrogen-bond donors (Lipinski definition) is 1. The van der Waals surface area contributed by atoms with Crippen molar-refractivity contribution < 1.29 is 4.39 Å². The van der Waals surface area contributed by atoms with Crippen LogP contribution in [0.25, 0.3) is 0 Å². The molecule has 0 heterocycles. The van der Waals surface area contributed by atoms with Crippen molar-refractivity contribution in [3.63, 3.8) is 0 Å². The van der Waals surface area contributed by atoms with Gasteiger partial charge in [0.2, 0.25) is 0 Å². The third kappa shape index (κ3) is 2.84. The van der Waals surface area contributed by atoms with Crippen LogP contribution in [0.3, 0.4) is 0 Å². The van der Waals surface area contributed by atoms with E-state index in [1.165, 1.54) is 32.1 Å². The Morgan fingerprint density at radius 3 is 2.68 bits per heavy atom. The van der Waals surface area contributed by atoms with Crippen LogP contribution in [0.1, 0.15) is 37.7 Å². The lowest BCUT2D eigenvalue weighted by Gasteiger charge is -2.26. The molecule has 2 bridgehead atoms. The third-order valence-electron chi connectivity index (χ3n) is 5.32. The van der Waals surface area contributed by atoms with Gasteiger partial charge in [0.25, 0.3) is 0 Å². The molecule has 19 heavy (non-hydrogen) atoms. The summed E-state index contributed by atoms with van der Waals surface area (Å²) in [5.74, 6) is 3.16.